The first-order chi connectivity index (χ1) is 9.12. The van der Waals surface area contributed by atoms with Crippen molar-refractivity contribution in [3.8, 4) is 0 Å². The molecule has 2 N–H and O–H groups in total. The molecule has 1 saturated heterocycles. The molecule has 19 heavy (non-hydrogen) atoms. The van der Waals surface area contributed by atoms with Crippen molar-refractivity contribution in [2.45, 2.75) is 44.8 Å². The Kier molecular flexibility index (Phi) is 4.97. The van der Waals surface area contributed by atoms with E-state index >= 15 is 0 Å². The van der Waals surface area contributed by atoms with Gasteiger partial charge < -0.3 is 10.4 Å². The minimum Gasteiger partial charge on any atom is -0.396 e. The van der Waals surface area contributed by atoms with Gasteiger partial charge in [0, 0.05) is 31.3 Å². The second-order valence-electron chi connectivity index (χ2n) is 6.09. The van der Waals surface area contributed by atoms with Crippen LogP contribution in [0.25, 0.3) is 0 Å². The van der Waals surface area contributed by atoms with Crippen LogP contribution in [0.2, 0.25) is 0 Å². The standard InChI is InChI=1S/C16H26N2O/c1-16(2)9-10-17-15(8-11-19)13-18(16)12-14-6-4-3-5-7-14/h3-7,15,17,19H,8-13H2,1-2H3. The number of rotatable bonds is 4. The molecule has 3 heteroatoms. The fraction of sp³-hybridized carbons (Fsp3) is 0.625. The van der Waals surface area contributed by atoms with Crippen LogP contribution in [0.1, 0.15) is 32.3 Å². The first-order valence-corrected chi connectivity index (χ1v) is 7.25. The van der Waals surface area contributed by atoms with Gasteiger partial charge >= 0.3 is 0 Å². The Labute approximate surface area is 116 Å². The molecule has 2 rings (SSSR count). The van der Waals surface area contributed by atoms with E-state index in [1.807, 2.05) is 0 Å². The molecule has 1 unspecified atom stereocenters. The van der Waals surface area contributed by atoms with E-state index in [4.69, 9.17) is 5.11 Å². The van der Waals surface area contributed by atoms with E-state index in [2.05, 4.69) is 54.4 Å². The molecule has 0 amide bonds. The maximum atomic E-state index is 9.16. The summed E-state index contributed by atoms with van der Waals surface area (Å²) in [6.07, 6.45) is 1.98. The Balaban J connectivity index is 2.08. The van der Waals surface area contributed by atoms with Gasteiger partial charge in [0.25, 0.3) is 0 Å². The number of aliphatic hydroxyl groups excluding tert-OH is 1. The Morgan fingerprint density at radius 2 is 2.05 bits per heavy atom. The average Bonchev–Trinajstić information content (AvgIpc) is 2.51. The van der Waals surface area contributed by atoms with Crippen LogP contribution in [-0.4, -0.2) is 41.3 Å². The van der Waals surface area contributed by atoms with Gasteiger partial charge in [0.1, 0.15) is 0 Å². The molecule has 1 aliphatic heterocycles. The first-order valence-electron chi connectivity index (χ1n) is 7.25. The predicted octanol–water partition coefficient (Wildman–Crippen LogP) is 2.01. The van der Waals surface area contributed by atoms with Crippen LogP contribution in [0.3, 0.4) is 0 Å². The Bertz CT molecular complexity index is 378. The monoisotopic (exact) mass is 262 g/mol. The zero-order chi connectivity index (χ0) is 13.7. The highest BCUT2D eigenvalue weighted by Crippen LogP contribution is 2.24. The van der Waals surface area contributed by atoms with E-state index in [1.165, 1.54) is 5.56 Å². The van der Waals surface area contributed by atoms with Gasteiger partial charge in [0.15, 0.2) is 0 Å². The third-order valence-electron chi connectivity index (χ3n) is 4.16. The van der Waals surface area contributed by atoms with Gasteiger partial charge in [-0.1, -0.05) is 30.3 Å². The maximum absolute atomic E-state index is 9.16. The van der Waals surface area contributed by atoms with Gasteiger partial charge in [-0.2, -0.15) is 0 Å². The Morgan fingerprint density at radius 3 is 2.74 bits per heavy atom. The number of nitrogens with zero attached hydrogens (tertiary/aromatic N) is 1. The number of benzene rings is 1. The van der Waals surface area contributed by atoms with Crippen molar-refractivity contribution in [3.05, 3.63) is 35.9 Å². The van der Waals surface area contributed by atoms with Crippen molar-refractivity contribution >= 4 is 0 Å². The molecule has 0 aliphatic carbocycles. The van der Waals surface area contributed by atoms with Crippen LogP contribution in [0.15, 0.2) is 30.3 Å². The largest absolute Gasteiger partial charge is 0.396 e. The van der Waals surface area contributed by atoms with Crippen molar-refractivity contribution in [3.63, 3.8) is 0 Å². The molecule has 1 aliphatic rings. The molecule has 1 aromatic rings. The lowest BCUT2D eigenvalue weighted by Crippen LogP contribution is -2.46. The summed E-state index contributed by atoms with van der Waals surface area (Å²) in [4.78, 5) is 2.54. The van der Waals surface area contributed by atoms with Crippen molar-refractivity contribution < 1.29 is 5.11 Å². The lowest BCUT2D eigenvalue weighted by molar-refractivity contribution is 0.106. The topological polar surface area (TPSA) is 35.5 Å². The summed E-state index contributed by atoms with van der Waals surface area (Å²) in [5.41, 5.74) is 1.56. The quantitative estimate of drug-likeness (QED) is 0.871. The third-order valence-corrected chi connectivity index (χ3v) is 4.16. The SMILES string of the molecule is CC1(C)CCNC(CCO)CN1Cc1ccccc1. The summed E-state index contributed by atoms with van der Waals surface area (Å²) >= 11 is 0. The van der Waals surface area contributed by atoms with E-state index in [9.17, 15) is 0 Å². The molecule has 1 aromatic carbocycles. The van der Waals surface area contributed by atoms with Gasteiger partial charge in [0.05, 0.1) is 0 Å². The van der Waals surface area contributed by atoms with E-state index < -0.39 is 0 Å². The molecule has 0 radical (unpaired) electrons. The zero-order valence-corrected chi connectivity index (χ0v) is 12.1. The van der Waals surface area contributed by atoms with Gasteiger partial charge in [-0.3, -0.25) is 4.90 Å². The second-order valence-corrected chi connectivity index (χ2v) is 6.09. The Morgan fingerprint density at radius 1 is 1.32 bits per heavy atom. The van der Waals surface area contributed by atoms with Gasteiger partial charge in [-0.05, 0) is 38.8 Å². The van der Waals surface area contributed by atoms with Crippen LogP contribution in [0, 0.1) is 0 Å². The lowest BCUT2D eigenvalue weighted by Gasteiger charge is -2.38. The average molecular weight is 262 g/mol. The number of nitrogens with one attached hydrogen (secondary N) is 1. The van der Waals surface area contributed by atoms with Crippen LogP contribution in [0.5, 0.6) is 0 Å². The van der Waals surface area contributed by atoms with Gasteiger partial charge in [-0.15, -0.1) is 0 Å². The van der Waals surface area contributed by atoms with E-state index in [0.29, 0.717) is 6.04 Å². The highest BCUT2D eigenvalue weighted by atomic mass is 16.3. The van der Waals surface area contributed by atoms with Crippen LogP contribution < -0.4 is 5.32 Å². The molecule has 3 nitrogen and oxygen atoms in total. The summed E-state index contributed by atoms with van der Waals surface area (Å²) < 4.78 is 0. The number of hydrogen-bond acceptors (Lipinski definition) is 3. The molecule has 1 atom stereocenters. The van der Waals surface area contributed by atoms with Gasteiger partial charge in [-0.25, -0.2) is 0 Å². The second kappa shape index (κ2) is 6.51. The van der Waals surface area contributed by atoms with Crippen molar-refractivity contribution in [1.29, 1.82) is 0 Å². The number of aliphatic hydroxyl groups is 1. The van der Waals surface area contributed by atoms with E-state index in [0.717, 1.165) is 32.5 Å². The van der Waals surface area contributed by atoms with Crippen LogP contribution in [0.4, 0.5) is 0 Å². The number of hydrogen-bond donors (Lipinski definition) is 2. The van der Waals surface area contributed by atoms with Gasteiger partial charge in [0.2, 0.25) is 0 Å². The molecule has 106 valence electrons. The Hall–Kier alpha value is -0.900. The third kappa shape index (κ3) is 4.03. The van der Waals surface area contributed by atoms with E-state index in [-0.39, 0.29) is 12.1 Å². The molecule has 1 heterocycles. The predicted molar refractivity (Wildman–Crippen MR) is 79.0 cm³/mol. The van der Waals surface area contributed by atoms with Crippen LogP contribution >= 0.6 is 0 Å². The first kappa shape index (κ1) is 14.5. The smallest absolute Gasteiger partial charge is 0.0446 e. The molecule has 1 fully saturated rings. The molecule has 0 bridgehead atoms. The molecule has 0 spiro atoms. The van der Waals surface area contributed by atoms with Crippen molar-refractivity contribution in [1.82, 2.24) is 10.2 Å². The minimum absolute atomic E-state index is 0.201. The molecule has 0 saturated carbocycles. The normalized spacial score (nSPS) is 24.1. The fourth-order valence-electron chi connectivity index (χ4n) is 2.75. The van der Waals surface area contributed by atoms with Crippen molar-refractivity contribution in [2.75, 3.05) is 19.7 Å². The summed E-state index contributed by atoms with van der Waals surface area (Å²) in [7, 11) is 0. The molecular formula is C16H26N2O. The summed E-state index contributed by atoms with van der Waals surface area (Å²) in [5, 5.41) is 12.7. The zero-order valence-electron chi connectivity index (χ0n) is 12.1. The highest BCUT2D eigenvalue weighted by Gasteiger charge is 2.31. The fourth-order valence-corrected chi connectivity index (χ4v) is 2.75. The highest BCUT2D eigenvalue weighted by molar-refractivity contribution is 5.15. The van der Waals surface area contributed by atoms with E-state index in [1.54, 1.807) is 0 Å². The summed E-state index contributed by atoms with van der Waals surface area (Å²) in [6.45, 7) is 7.91. The summed E-state index contributed by atoms with van der Waals surface area (Å²) in [5.74, 6) is 0. The van der Waals surface area contributed by atoms with Crippen molar-refractivity contribution in [2.24, 2.45) is 0 Å². The summed E-state index contributed by atoms with van der Waals surface area (Å²) in [6, 6.07) is 11.0. The molecule has 0 aromatic heterocycles. The minimum atomic E-state index is 0.201. The van der Waals surface area contributed by atoms with Crippen LogP contribution in [-0.2, 0) is 6.54 Å². The molecular weight excluding hydrogens is 236 g/mol. The maximum Gasteiger partial charge on any atom is 0.0446 e. The lowest BCUT2D eigenvalue weighted by atomic mass is 9.97.